The zero-order valence-corrected chi connectivity index (χ0v) is 12.8. The lowest BCUT2D eigenvalue weighted by Crippen LogP contribution is -2.31. The number of anilines is 2. The average molecular weight is 275 g/mol. The van der Waals surface area contributed by atoms with Crippen LogP contribution in [0.15, 0.2) is 24.3 Å². The smallest absolute Gasteiger partial charge is 0.0727 e. The van der Waals surface area contributed by atoms with Gasteiger partial charge in [0, 0.05) is 41.3 Å². The predicted octanol–water partition coefficient (Wildman–Crippen LogP) is 3.31. The molecular formula is C15H21N3S. The summed E-state index contributed by atoms with van der Waals surface area (Å²) in [6, 6.07) is 8.53. The van der Waals surface area contributed by atoms with E-state index in [-0.39, 0.29) is 0 Å². The van der Waals surface area contributed by atoms with Crippen molar-refractivity contribution >= 4 is 34.0 Å². The second-order valence-corrected chi connectivity index (χ2v) is 5.89. The number of hydrogen-bond donors (Lipinski definition) is 1. The minimum Gasteiger partial charge on any atom is -0.399 e. The molecule has 0 aliphatic carbocycles. The van der Waals surface area contributed by atoms with Crippen LogP contribution in [0.1, 0.15) is 12.6 Å². The molecule has 1 heterocycles. The Balaban J connectivity index is 2.54. The van der Waals surface area contributed by atoms with Crippen LogP contribution in [0.3, 0.4) is 0 Å². The Morgan fingerprint density at radius 2 is 2.11 bits per heavy atom. The molecule has 0 bridgehead atoms. The van der Waals surface area contributed by atoms with Gasteiger partial charge in [0.2, 0.25) is 0 Å². The van der Waals surface area contributed by atoms with E-state index in [2.05, 4.69) is 36.2 Å². The standard InChI is InChI=1S/C15H21N3S/c1-10-7-15(18(3)11(2)9-19-4)13-8-12(16)5-6-14(13)17-10/h5-8,11H,9,16H2,1-4H3. The first-order valence-electron chi connectivity index (χ1n) is 6.41. The second-order valence-electron chi connectivity index (χ2n) is 4.97. The van der Waals surface area contributed by atoms with Gasteiger partial charge in [-0.15, -0.1) is 0 Å². The lowest BCUT2D eigenvalue weighted by Gasteiger charge is -2.28. The van der Waals surface area contributed by atoms with Crippen molar-refractivity contribution in [1.82, 2.24) is 4.98 Å². The van der Waals surface area contributed by atoms with Gasteiger partial charge in [-0.05, 0) is 44.4 Å². The summed E-state index contributed by atoms with van der Waals surface area (Å²) >= 11 is 1.86. The summed E-state index contributed by atoms with van der Waals surface area (Å²) in [6.07, 6.45) is 2.14. The average Bonchev–Trinajstić information content (AvgIpc) is 2.38. The van der Waals surface area contributed by atoms with Gasteiger partial charge in [0.15, 0.2) is 0 Å². The highest BCUT2D eigenvalue weighted by Crippen LogP contribution is 2.29. The highest BCUT2D eigenvalue weighted by atomic mass is 32.2. The molecule has 1 aromatic carbocycles. The maximum Gasteiger partial charge on any atom is 0.0727 e. The van der Waals surface area contributed by atoms with Crippen LogP contribution >= 0.6 is 11.8 Å². The molecule has 0 radical (unpaired) electrons. The largest absolute Gasteiger partial charge is 0.399 e. The normalized spacial score (nSPS) is 12.6. The molecule has 0 aliphatic rings. The number of thioether (sulfide) groups is 1. The van der Waals surface area contributed by atoms with Crippen molar-refractivity contribution in [3.05, 3.63) is 30.0 Å². The van der Waals surface area contributed by atoms with Gasteiger partial charge in [0.1, 0.15) is 0 Å². The number of nitrogens with two attached hydrogens (primary N) is 1. The third kappa shape index (κ3) is 2.95. The van der Waals surface area contributed by atoms with Crippen molar-refractivity contribution in [2.45, 2.75) is 19.9 Å². The van der Waals surface area contributed by atoms with Gasteiger partial charge < -0.3 is 10.6 Å². The Bertz CT molecular complexity index is 583. The van der Waals surface area contributed by atoms with E-state index in [1.807, 2.05) is 36.9 Å². The molecule has 4 heteroatoms. The van der Waals surface area contributed by atoms with Crippen molar-refractivity contribution in [3.8, 4) is 0 Å². The highest BCUT2D eigenvalue weighted by Gasteiger charge is 2.13. The maximum atomic E-state index is 5.92. The van der Waals surface area contributed by atoms with Gasteiger partial charge in [-0.1, -0.05) is 0 Å². The Morgan fingerprint density at radius 1 is 1.37 bits per heavy atom. The van der Waals surface area contributed by atoms with E-state index in [1.165, 1.54) is 5.69 Å². The SMILES string of the molecule is CSCC(C)N(C)c1cc(C)nc2ccc(N)cc12. The van der Waals surface area contributed by atoms with Crippen molar-refractivity contribution < 1.29 is 0 Å². The number of pyridine rings is 1. The number of aromatic nitrogens is 1. The van der Waals surface area contributed by atoms with E-state index in [0.717, 1.165) is 28.0 Å². The van der Waals surface area contributed by atoms with Crippen LogP contribution in [0.4, 0.5) is 11.4 Å². The molecule has 2 rings (SSSR count). The molecule has 0 saturated carbocycles. The van der Waals surface area contributed by atoms with Gasteiger partial charge in [-0.3, -0.25) is 4.98 Å². The van der Waals surface area contributed by atoms with E-state index in [0.29, 0.717) is 6.04 Å². The molecular weight excluding hydrogens is 254 g/mol. The quantitative estimate of drug-likeness (QED) is 0.869. The first-order chi connectivity index (χ1) is 9.02. The molecule has 1 atom stereocenters. The van der Waals surface area contributed by atoms with Crippen LogP contribution in [0.2, 0.25) is 0 Å². The molecule has 0 saturated heterocycles. The number of aryl methyl sites for hydroxylation is 1. The third-order valence-electron chi connectivity index (χ3n) is 3.39. The number of nitrogen functional groups attached to an aromatic ring is 1. The first kappa shape index (κ1) is 14.0. The molecule has 102 valence electrons. The first-order valence-corrected chi connectivity index (χ1v) is 7.81. The summed E-state index contributed by atoms with van der Waals surface area (Å²) in [5.74, 6) is 1.10. The van der Waals surface area contributed by atoms with Crippen LogP contribution in [0.5, 0.6) is 0 Å². The summed E-state index contributed by atoms with van der Waals surface area (Å²) in [5, 5.41) is 1.13. The fourth-order valence-electron chi connectivity index (χ4n) is 2.24. The zero-order valence-electron chi connectivity index (χ0n) is 12.0. The van der Waals surface area contributed by atoms with Crippen molar-refractivity contribution in [3.63, 3.8) is 0 Å². The van der Waals surface area contributed by atoms with Crippen molar-refractivity contribution in [2.24, 2.45) is 0 Å². The van der Waals surface area contributed by atoms with Crippen LogP contribution in [-0.4, -0.2) is 30.1 Å². The Kier molecular flexibility index (Phi) is 4.20. The lowest BCUT2D eigenvalue weighted by molar-refractivity contribution is 0.767. The molecule has 0 spiro atoms. The lowest BCUT2D eigenvalue weighted by atomic mass is 10.1. The monoisotopic (exact) mass is 275 g/mol. The molecule has 0 amide bonds. The predicted molar refractivity (Wildman–Crippen MR) is 87.1 cm³/mol. The second kappa shape index (κ2) is 5.70. The highest BCUT2D eigenvalue weighted by molar-refractivity contribution is 7.98. The zero-order chi connectivity index (χ0) is 14.0. The topological polar surface area (TPSA) is 42.2 Å². The summed E-state index contributed by atoms with van der Waals surface area (Å²) in [4.78, 5) is 6.89. The van der Waals surface area contributed by atoms with Crippen LogP contribution in [-0.2, 0) is 0 Å². The molecule has 1 unspecified atom stereocenters. The molecule has 1 aromatic heterocycles. The van der Waals surface area contributed by atoms with Crippen LogP contribution in [0, 0.1) is 6.92 Å². The number of rotatable bonds is 4. The Labute approximate surface area is 119 Å². The molecule has 0 aliphatic heterocycles. The van der Waals surface area contributed by atoms with E-state index in [4.69, 9.17) is 5.73 Å². The fourth-order valence-corrected chi connectivity index (χ4v) is 2.94. The van der Waals surface area contributed by atoms with Crippen LogP contribution < -0.4 is 10.6 Å². The molecule has 2 aromatic rings. The minimum atomic E-state index is 0.474. The summed E-state index contributed by atoms with van der Waals surface area (Å²) in [7, 11) is 2.14. The number of nitrogens with zero attached hydrogens (tertiary/aromatic N) is 2. The summed E-state index contributed by atoms with van der Waals surface area (Å²) < 4.78 is 0. The Hall–Kier alpha value is -1.42. The van der Waals surface area contributed by atoms with Gasteiger partial charge >= 0.3 is 0 Å². The van der Waals surface area contributed by atoms with E-state index >= 15 is 0 Å². The Morgan fingerprint density at radius 3 is 2.79 bits per heavy atom. The van der Waals surface area contributed by atoms with Crippen molar-refractivity contribution in [2.75, 3.05) is 29.7 Å². The molecule has 19 heavy (non-hydrogen) atoms. The molecule has 0 fully saturated rings. The molecule has 2 N–H and O–H groups in total. The summed E-state index contributed by atoms with van der Waals surface area (Å²) in [6.45, 7) is 4.27. The van der Waals surface area contributed by atoms with Crippen molar-refractivity contribution in [1.29, 1.82) is 0 Å². The van der Waals surface area contributed by atoms with Gasteiger partial charge in [0.05, 0.1) is 5.52 Å². The minimum absolute atomic E-state index is 0.474. The van der Waals surface area contributed by atoms with E-state index < -0.39 is 0 Å². The number of benzene rings is 1. The number of fused-ring (bicyclic) bond motifs is 1. The maximum absolute atomic E-state index is 5.92. The van der Waals surface area contributed by atoms with Gasteiger partial charge in [-0.25, -0.2) is 0 Å². The van der Waals surface area contributed by atoms with E-state index in [9.17, 15) is 0 Å². The van der Waals surface area contributed by atoms with Gasteiger partial charge in [0.25, 0.3) is 0 Å². The fraction of sp³-hybridized carbons (Fsp3) is 0.400. The third-order valence-corrected chi connectivity index (χ3v) is 4.20. The van der Waals surface area contributed by atoms with E-state index in [1.54, 1.807) is 0 Å². The van der Waals surface area contributed by atoms with Crippen LogP contribution in [0.25, 0.3) is 10.9 Å². The summed E-state index contributed by atoms with van der Waals surface area (Å²) in [5.41, 5.74) is 9.95. The number of hydrogen-bond acceptors (Lipinski definition) is 4. The molecule has 3 nitrogen and oxygen atoms in total. The van der Waals surface area contributed by atoms with Gasteiger partial charge in [-0.2, -0.15) is 11.8 Å².